The number of ether oxygens (including phenoxy) is 1. The molecule has 0 fully saturated rings. The van der Waals surface area contributed by atoms with Crippen LogP contribution in [0.4, 0.5) is 0 Å². The molecule has 3 N–H and O–H groups in total. The second-order valence-corrected chi connectivity index (χ2v) is 5.89. The van der Waals surface area contributed by atoms with Crippen LogP contribution in [-0.4, -0.2) is 33.4 Å². The molecule has 20 heavy (non-hydrogen) atoms. The van der Waals surface area contributed by atoms with E-state index in [4.69, 9.17) is 5.73 Å². The summed E-state index contributed by atoms with van der Waals surface area (Å²) in [6, 6.07) is 4.70. The van der Waals surface area contributed by atoms with Gasteiger partial charge in [0.05, 0.1) is 18.4 Å². The SMILES string of the molecule is COC(=O)[C@H](CC(N)=O)NS(=O)(=O)c1ccc(C)cc1. The summed E-state index contributed by atoms with van der Waals surface area (Å²) in [6.07, 6.45) is -0.474. The number of rotatable bonds is 6. The van der Waals surface area contributed by atoms with E-state index < -0.39 is 34.4 Å². The van der Waals surface area contributed by atoms with Crippen molar-refractivity contribution in [2.24, 2.45) is 5.73 Å². The van der Waals surface area contributed by atoms with Crippen LogP contribution in [0.5, 0.6) is 0 Å². The molecule has 0 aliphatic rings. The number of hydrogen-bond donors (Lipinski definition) is 2. The second-order valence-electron chi connectivity index (χ2n) is 4.18. The van der Waals surface area contributed by atoms with Crippen LogP contribution < -0.4 is 10.5 Å². The zero-order valence-electron chi connectivity index (χ0n) is 11.1. The van der Waals surface area contributed by atoms with Crippen LogP contribution in [-0.2, 0) is 24.3 Å². The first-order valence-corrected chi connectivity index (χ1v) is 7.19. The lowest BCUT2D eigenvalue weighted by Crippen LogP contribution is -2.43. The molecule has 0 aliphatic carbocycles. The Morgan fingerprint density at radius 3 is 2.30 bits per heavy atom. The van der Waals surface area contributed by atoms with E-state index in [-0.39, 0.29) is 4.90 Å². The van der Waals surface area contributed by atoms with Gasteiger partial charge in [-0.05, 0) is 19.1 Å². The van der Waals surface area contributed by atoms with Crippen molar-refractivity contribution < 1.29 is 22.7 Å². The Balaban J connectivity index is 2.99. The van der Waals surface area contributed by atoms with Crippen molar-refractivity contribution in [1.29, 1.82) is 0 Å². The van der Waals surface area contributed by atoms with Crippen molar-refractivity contribution in [1.82, 2.24) is 4.72 Å². The van der Waals surface area contributed by atoms with Gasteiger partial charge in [-0.1, -0.05) is 17.7 Å². The van der Waals surface area contributed by atoms with Crippen LogP contribution in [0.25, 0.3) is 0 Å². The monoisotopic (exact) mass is 300 g/mol. The minimum absolute atomic E-state index is 0.0125. The number of amides is 1. The molecule has 0 aromatic heterocycles. The van der Waals surface area contributed by atoms with Gasteiger partial charge in [0.1, 0.15) is 6.04 Å². The van der Waals surface area contributed by atoms with Gasteiger partial charge in [0, 0.05) is 0 Å². The number of primary amides is 1. The number of sulfonamides is 1. The maximum absolute atomic E-state index is 12.1. The van der Waals surface area contributed by atoms with Gasteiger partial charge < -0.3 is 10.5 Å². The fraction of sp³-hybridized carbons (Fsp3) is 0.333. The van der Waals surface area contributed by atoms with Crippen LogP contribution in [0.3, 0.4) is 0 Å². The van der Waals surface area contributed by atoms with E-state index in [0.29, 0.717) is 0 Å². The first kappa shape index (κ1) is 16.1. The van der Waals surface area contributed by atoms with E-state index >= 15 is 0 Å². The molecule has 110 valence electrons. The molecule has 1 rings (SSSR count). The molecule has 1 atom stereocenters. The molecule has 0 heterocycles. The molecule has 1 aromatic rings. The van der Waals surface area contributed by atoms with Gasteiger partial charge in [0.2, 0.25) is 15.9 Å². The Hall–Kier alpha value is -1.93. The summed E-state index contributed by atoms with van der Waals surface area (Å²) >= 11 is 0. The minimum Gasteiger partial charge on any atom is -0.468 e. The summed E-state index contributed by atoms with van der Waals surface area (Å²) in [7, 11) is -2.84. The maximum atomic E-state index is 12.1. The predicted molar refractivity (Wildman–Crippen MR) is 71.1 cm³/mol. The number of nitrogens with two attached hydrogens (primary N) is 1. The Morgan fingerprint density at radius 1 is 1.30 bits per heavy atom. The van der Waals surface area contributed by atoms with Crippen molar-refractivity contribution in [3.8, 4) is 0 Å². The summed E-state index contributed by atoms with van der Waals surface area (Å²) in [5, 5.41) is 0. The summed E-state index contributed by atoms with van der Waals surface area (Å²) in [6.45, 7) is 1.81. The molecule has 0 unspecified atom stereocenters. The molecule has 8 heteroatoms. The summed E-state index contributed by atoms with van der Waals surface area (Å²) in [4.78, 5) is 22.3. The quantitative estimate of drug-likeness (QED) is 0.699. The highest BCUT2D eigenvalue weighted by Gasteiger charge is 2.27. The molecule has 0 saturated carbocycles. The van der Waals surface area contributed by atoms with E-state index in [1.165, 1.54) is 12.1 Å². The van der Waals surface area contributed by atoms with E-state index in [1.54, 1.807) is 12.1 Å². The Bertz CT molecular complexity index is 595. The lowest BCUT2D eigenvalue weighted by molar-refractivity contribution is -0.144. The standard InChI is InChI=1S/C12H16N2O5S/c1-8-3-5-9(6-4-8)20(17,18)14-10(7-11(13)15)12(16)19-2/h3-6,10,14H,7H2,1-2H3,(H2,13,15)/t10-/m0/s1. The van der Waals surface area contributed by atoms with E-state index in [0.717, 1.165) is 12.7 Å². The number of hydrogen-bond acceptors (Lipinski definition) is 5. The topological polar surface area (TPSA) is 116 Å². The smallest absolute Gasteiger partial charge is 0.324 e. The first-order valence-electron chi connectivity index (χ1n) is 5.71. The molecular weight excluding hydrogens is 284 g/mol. The van der Waals surface area contributed by atoms with Gasteiger partial charge in [-0.25, -0.2) is 8.42 Å². The minimum atomic E-state index is -3.94. The maximum Gasteiger partial charge on any atom is 0.324 e. The molecule has 0 aliphatic heterocycles. The molecule has 1 aromatic carbocycles. The van der Waals surface area contributed by atoms with E-state index in [2.05, 4.69) is 9.46 Å². The normalized spacial score (nSPS) is 12.7. The van der Waals surface area contributed by atoms with Crippen LogP contribution in [0.2, 0.25) is 0 Å². The molecule has 7 nitrogen and oxygen atoms in total. The third-order valence-electron chi connectivity index (χ3n) is 2.52. The third kappa shape index (κ3) is 4.32. The first-order chi connectivity index (χ1) is 9.26. The number of aryl methyl sites for hydroxylation is 1. The number of carbonyl (C=O) groups excluding carboxylic acids is 2. The van der Waals surface area contributed by atoms with Gasteiger partial charge in [-0.3, -0.25) is 9.59 Å². The van der Waals surface area contributed by atoms with Crippen molar-refractivity contribution in [2.45, 2.75) is 24.3 Å². The summed E-state index contributed by atoms with van der Waals surface area (Å²) in [5.41, 5.74) is 5.88. The number of nitrogens with one attached hydrogen (secondary N) is 1. The van der Waals surface area contributed by atoms with Crippen molar-refractivity contribution in [3.05, 3.63) is 29.8 Å². The van der Waals surface area contributed by atoms with Gasteiger partial charge >= 0.3 is 5.97 Å². The van der Waals surface area contributed by atoms with Gasteiger partial charge in [-0.2, -0.15) is 4.72 Å². The van der Waals surface area contributed by atoms with Crippen molar-refractivity contribution in [3.63, 3.8) is 0 Å². The molecule has 1 amide bonds. The highest BCUT2D eigenvalue weighted by Crippen LogP contribution is 2.11. The van der Waals surface area contributed by atoms with Crippen LogP contribution in [0.1, 0.15) is 12.0 Å². The van der Waals surface area contributed by atoms with Crippen LogP contribution in [0, 0.1) is 6.92 Å². The predicted octanol–water partition coefficient (Wildman–Crippen LogP) is -0.310. The summed E-state index contributed by atoms with van der Waals surface area (Å²) in [5.74, 6) is -1.69. The van der Waals surface area contributed by atoms with Gasteiger partial charge in [0.15, 0.2) is 0 Å². The fourth-order valence-electron chi connectivity index (χ4n) is 1.49. The molecule has 0 bridgehead atoms. The molecule has 0 saturated heterocycles. The number of esters is 1. The van der Waals surface area contributed by atoms with Crippen molar-refractivity contribution in [2.75, 3.05) is 7.11 Å². The van der Waals surface area contributed by atoms with Gasteiger partial charge in [-0.15, -0.1) is 0 Å². The molecular formula is C12H16N2O5S. The fourth-order valence-corrected chi connectivity index (χ4v) is 2.67. The van der Waals surface area contributed by atoms with E-state index in [9.17, 15) is 18.0 Å². The third-order valence-corrected chi connectivity index (χ3v) is 4.01. The number of benzene rings is 1. The Labute approximate surface area is 117 Å². The van der Waals surface area contributed by atoms with Crippen molar-refractivity contribution >= 4 is 21.9 Å². The second kappa shape index (κ2) is 6.49. The average molecular weight is 300 g/mol. The van der Waals surface area contributed by atoms with E-state index in [1.807, 2.05) is 6.92 Å². The number of methoxy groups -OCH3 is 1. The zero-order chi connectivity index (χ0) is 15.3. The molecule has 0 radical (unpaired) electrons. The number of carbonyl (C=O) groups is 2. The average Bonchev–Trinajstić information content (AvgIpc) is 2.36. The highest BCUT2D eigenvalue weighted by molar-refractivity contribution is 7.89. The molecule has 0 spiro atoms. The lowest BCUT2D eigenvalue weighted by atomic mass is 10.2. The van der Waals surface area contributed by atoms with Crippen LogP contribution in [0.15, 0.2) is 29.2 Å². The highest BCUT2D eigenvalue weighted by atomic mass is 32.2. The van der Waals surface area contributed by atoms with Gasteiger partial charge in [0.25, 0.3) is 0 Å². The summed E-state index contributed by atoms with van der Waals surface area (Å²) < 4.78 is 30.7. The Morgan fingerprint density at radius 2 is 1.85 bits per heavy atom. The van der Waals surface area contributed by atoms with Crippen LogP contribution >= 0.6 is 0 Å². The zero-order valence-corrected chi connectivity index (χ0v) is 11.9. The lowest BCUT2D eigenvalue weighted by Gasteiger charge is -2.15. The largest absolute Gasteiger partial charge is 0.468 e. The Kier molecular flexibility index (Phi) is 5.23.